The van der Waals surface area contributed by atoms with Crippen molar-refractivity contribution in [3.63, 3.8) is 0 Å². The number of nitrogens with zero attached hydrogens (tertiary/aromatic N) is 2. The fourth-order valence-electron chi connectivity index (χ4n) is 1.61. The van der Waals surface area contributed by atoms with Gasteiger partial charge >= 0.3 is 7.48 Å². The Morgan fingerprint density at radius 1 is 1.16 bits per heavy atom. The number of halogens is 1. The molecule has 1 radical (unpaired) electrons. The smallest absolute Gasteiger partial charge is 0.332 e. The molecule has 0 aliphatic rings. The highest BCUT2D eigenvalue weighted by Crippen LogP contribution is 2.27. The van der Waals surface area contributed by atoms with Gasteiger partial charge in [0.2, 0.25) is 20.0 Å². The van der Waals surface area contributed by atoms with Crippen molar-refractivity contribution in [2.24, 2.45) is 0 Å². The average molecular weight is 412 g/mol. The summed E-state index contributed by atoms with van der Waals surface area (Å²) in [6.07, 6.45) is 2.78. The predicted molar refractivity (Wildman–Crippen MR) is 98.3 cm³/mol. The molecule has 0 aromatic carbocycles. The Balaban J connectivity index is 3.29. The normalized spacial score (nSPS) is 13.6. The van der Waals surface area contributed by atoms with E-state index in [9.17, 15) is 21.9 Å². The van der Waals surface area contributed by atoms with E-state index in [4.69, 9.17) is 16.3 Å². The van der Waals surface area contributed by atoms with Crippen LogP contribution in [0.1, 0.15) is 27.7 Å². The molecular weight excluding hydrogens is 391 g/mol. The Hall–Kier alpha value is -0.875. The van der Waals surface area contributed by atoms with Crippen LogP contribution in [0.25, 0.3) is 0 Å². The quantitative estimate of drug-likeness (QED) is 0.506. The van der Waals surface area contributed by atoms with Gasteiger partial charge in [0, 0.05) is 6.20 Å². The average Bonchev–Trinajstić information content (AvgIpc) is 2.35. The molecule has 12 heteroatoms. The van der Waals surface area contributed by atoms with E-state index in [1.165, 1.54) is 19.7 Å². The lowest BCUT2D eigenvalue weighted by Crippen LogP contribution is -2.49. The zero-order valence-corrected chi connectivity index (χ0v) is 17.2. The minimum Gasteiger partial charge on any atom is -0.427 e. The van der Waals surface area contributed by atoms with Gasteiger partial charge in [0.15, 0.2) is 5.15 Å². The van der Waals surface area contributed by atoms with E-state index in [2.05, 4.69) is 4.98 Å². The van der Waals surface area contributed by atoms with E-state index >= 15 is 0 Å². The molecule has 0 aliphatic carbocycles. The summed E-state index contributed by atoms with van der Waals surface area (Å²) in [4.78, 5) is 3.81. The molecule has 0 amide bonds. The van der Waals surface area contributed by atoms with Crippen LogP contribution in [-0.4, -0.2) is 58.1 Å². The molecule has 0 saturated heterocycles. The summed E-state index contributed by atoms with van der Waals surface area (Å²) >= 11 is 5.89. The van der Waals surface area contributed by atoms with Crippen LogP contribution >= 0.6 is 11.6 Å². The van der Waals surface area contributed by atoms with E-state index in [-0.39, 0.29) is 20.0 Å². The maximum Gasteiger partial charge on any atom is 0.332 e. The Kier molecular flexibility index (Phi) is 6.23. The zero-order chi connectivity index (χ0) is 19.8. The third kappa shape index (κ3) is 5.55. The summed E-state index contributed by atoms with van der Waals surface area (Å²) in [6, 6.07) is 1.22. The summed E-state index contributed by atoms with van der Waals surface area (Å²) in [6.45, 7) is 6.46. The molecule has 0 spiro atoms. The molecule has 0 saturated carbocycles. The Morgan fingerprint density at radius 3 is 2.04 bits per heavy atom. The highest BCUT2D eigenvalue weighted by Gasteiger charge is 2.36. The molecule has 0 unspecified atom stereocenters. The van der Waals surface area contributed by atoms with Crippen molar-refractivity contribution in [3.05, 3.63) is 17.4 Å². The molecule has 0 bridgehead atoms. The molecule has 0 aliphatic heterocycles. The van der Waals surface area contributed by atoms with Crippen LogP contribution < -0.4 is 9.17 Å². The summed E-state index contributed by atoms with van der Waals surface area (Å²) in [5.41, 5.74) is -2.18. The summed E-state index contributed by atoms with van der Waals surface area (Å²) in [7, 11) is -7.07. The van der Waals surface area contributed by atoms with Crippen LogP contribution in [0.3, 0.4) is 0 Å². The molecular formula is C13H21BClN2O6S2. The number of anilines is 1. The third-order valence-electron chi connectivity index (χ3n) is 3.60. The Labute approximate surface area is 154 Å². The van der Waals surface area contributed by atoms with Crippen LogP contribution in [0, 0.1) is 0 Å². The number of hydrogen-bond acceptors (Lipinski definition) is 7. The maximum atomic E-state index is 11.9. The molecule has 141 valence electrons. The summed E-state index contributed by atoms with van der Waals surface area (Å²) < 4.78 is 53.3. The molecule has 8 nitrogen and oxygen atoms in total. The molecule has 1 aromatic rings. The van der Waals surface area contributed by atoms with Gasteiger partial charge in [-0.25, -0.2) is 21.8 Å². The zero-order valence-electron chi connectivity index (χ0n) is 14.8. The molecule has 25 heavy (non-hydrogen) atoms. The van der Waals surface area contributed by atoms with Gasteiger partial charge in [-0.1, -0.05) is 11.6 Å². The first-order valence-corrected chi connectivity index (χ1v) is 11.1. The van der Waals surface area contributed by atoms with Crippen LogP contribution in [0.15, 0.2) is 12.3 Å². The van der Waals surface area contributed by atoms with Gasteiger partial charge in [-0.3, -0.25) is 0 Å². The van der Waals surface area contributed by atoms with Gasteiger partial charge in [0.25, 0.3) is 0 Å². The van der Waals surface area contributed by atoms with Gasteiger partial charge < -0.3 is 9.76 Å². The number of aromatic nitrogens is 1. The highest BCUT2D eigenvalue weighted by atomic mass is 35.5. The number of aliphatic hydroxyl groups is 1. The Bertz CT molecular complexity index is 818. The van der Waals surface area contributed by atoms with E-state index in [0.717, 1.165) is 12.5 Å². The number of sulfonamides is 2. The first kappa shape index (κ1) is 22.2. The van der Waals surface area contributed by atoms with Crippen LogP contribution in [0.2, 0.25) is 5.15 Å². The molecule has 1 heterocycles. The number of pyridine rings is 1. The van der Waals surface area contributed by atoms with Gasteiger partial charge in [-0.05, 0) is 39.2 Å². The van der Waals surface area contributed by atoms with Gasteiger partial charge in [0.05, 0.1) is 23.7 Å². The van der Waals surface area contributed by atoms with Gasteiger partial charge in [-0.15, -0.1) is 0 Å². The Morgan fingerprint density at radius 2 is 1.64 bits per heavy atom. The molecule has 1 aromatic heterocycles. The predicted octanol–water partition coefficient (Wildman–Crippen LogP) is 0.271. The molecule has 0 atom stereocenters. The molecule has 1 rings (SSSR count). The van der Waals surface area contributed by atoms with Crippen molar-refractivity contribution in [2.45, 2.75) is 38.9 Å². The van der Waals surface area contributed by atoms with Crippen molar-refractivity contribution in [2.75, 3.05) is 16.2 Å². The lowest BCUT2D eigenvalue weighted by atomic mass is 9.83. The fourth-order valence-corrected chi connectivity index (χ4v) is 4.86. The van der Waals surface area contributed by atoms with Gasteiger partial charge in [-0.2, -0.15) is 3.71 Å². The number of hydrogen-bond donors (Lipinski definition) is 1. The lowest BCUT2D eigenvalue weighted by molar-refractivity contribution is -0.0893. The molecule has 0 fully saturated rings. The second kappa shape index (κ2) is 7.03. The summed E-state index contributed by atoms with van der Waals surface area (Å²) in [5, 5.41) is 9.78. The second-order valence-electron chi connectivity index (χ2n) is 6.61. The SMILES string of the molecule is CC(C)(O)C(C)(C)O[B]c1cnc(Cl)c(N(S(C)(=O)=O)S(C)(=O)=O)c1. The van der Waals surface area contributed by atoms with Crippen molar-refractivity contribution in [3.8, 4) is 0 Å². The van der Waals surface area contributed by atoms with Gasteiger partial charge in [0.1, 0.15) is 5.69 Å². The highest BCUT2D eigenvalue weighted by molar-refractivity contribution is 8.09. The minimum absolute atomic E-state index is 0.202. The number of rotatable bonds is 7. The fraction of sp³-hybridized carbons (Fsp3) is 0.615. The van der Waals surface area contributed by atoms with Crippen molar-refractivity contribution in [1.29, 1.82) is 0 Å². The minimum atomic E-state index is -4.16. The largest absolute Gasteiger partial charge is 0.427 e. The molecule has 1 N–H and O–H groups in total. The lowest BCUT2D eigenvalue weighted by Gasteiger charge is -2.37. The summed E-state index contributed by atoms with van der Waals surface area (Å²) in [5.74, 6) is 0. The van der Waals surface area contributed by atoms with E-state index in [1.54, 1.807) is 27.7 Å². The van der Waals surface area contributed by atoms with Crippen molar-refractivity contribution >= 4 is 50.3 Å². The maximum absolute atomic E-state index is 11.9. The van der Waals surface area contributed by atoms with E-state index < -0.39 is 31.2 Å². The first-order chi connectivity index (χ1) is 11.0. The van der Waals surface area contributed by atoms with Crippen LogP contribution in [-0.2, 0) is 24.7 Å². The van der Waals surface area contributed by atoms with Crippen LogP contribution in [0.5, 0.6) is 0 Å². The van der Waals surface area contributed by atoms with E-state index in [0.29, 0.717) is 0 Å². The standard InChI is InChI=1S/C13H21BClN2O6S2/c1-12(2,18)13(3,4)23-14-9-7-10(11(15)16-8-9)17(24(5,19)20)25(6,21)22/h7-8,18H,1-6H3. The topological polar surface area (TPSA) is 114 Å². The van der Waals surface area contributed by atoms with Crippen molar-refractivity contribution < 1.29 is 26.6 Å². The second-order valence-corrected chi connectivity index (χ2v) is 10.9. The van der Waals surface area contributed by atoms with E-state index in [1.807, 2.05) is 0 Å². The van der Waals surface area contributed by atoms with Crippen LogP contribution in [0.4, 0.5) is 5.69 Å². The third-order valence-corrected chi connectivity index (χ3v) is 7.12. The monoisotopic (exact) mass is 411 g/mol. The first-order valence-electron chi connectivity index (χ1n) is 7.06. The van der Waals surface area contributed by atoms with Crippen molar-refractivity contribution in [1.82, 2.24) is 4.98 Å².